The van der Waals surface area contributed by atoms with Gasteiger partial charge in [-0.3, -0.25) is 4.79 Å². The van der Waals surface area contributed by atoms with Crippen LogP contribution in [0.25, 0.3) is 0 Å². The van der Waals surface area contributed by atoms with Crippen molar-refractivity contribution in [3.63, 3.8) is 0 Å². The van der Waals surface area contributed by atoms with E-state index in [9.17, 15) is 4.79 Å². The zero-order chi connectivity index (χ0) is 8.10. The molecule has 0 aliphatic heterocycles. The first-order valence-electron chi connectivity index (χ1n) is 3.22. The van der Waals surface area contributed by atoms with Gasteiger partial charge in [-0.05, 0) is 24.6 Å². The molecule has 0 saturated carbocycles. The molecule has 1 aliphatic rings. The molecule has 0 aromatic rings. The quantitative estimate of drug-likeness (QED) is 0.370. The number of carbonyl (C=O) groups excluding carboxylic acids is 1. The molecule has 0 heterocycles. The second-order valence-corrected chi connectivity index (χ2v) is 2.09. The highest BCUT2D eigenvalue weighted by Gasteiger charge is 1.96. The van der Waals surface area contributed by atoms with Crippen LogP contribution in [-0.2, 0) is 9.68 Å². The molecular formula is C8H8O3. The summed E-state index contributed by atoms with van der Waals surface area (Å²) in [7, 11) is 0. The molecule has 0 unspecified atom stereocenters. The largest absolute Gasteiger partial charge is 0.341 e. The van der Waals surface area contributed by atoms with Crippen molar-refractivity contribution < 1.29 is 14.9 Å². The van der Waals surface area contributed by atoms with Gasteiger partial charge in [-0.25, -0.2) is 5.26 Å². The molecule has 0 saturated heterocycles. The van der Waals surface area contributed by atoms with Crippen LogP contribution in [-0.4, -0.2) is 11.5 Å². The van der Waals surface area contributed by atoms with Crippen LogP contribution < -0.4 is 0 Å². The molecule has 0 bridgehead atoms. The molecule has 0 radical (unpaired) electrons. The molecule has 11 heavy (non-hydrogen) atoms. The van der Waals surface area contributed by atoms with Gasteiger partial charge in [-0.1, -0.05) is 6.08 Å². The van der Waals surface area contributed by atoms with E-state index in [4.69, 9.17) is 5.26 Å². The van der Waals surface area contributed by atoms with Crippen LogP contribution in [0, 0.1) is 0 Å². The van der Waals surface area contributed by atoms with Crippen molar-refractivity contribution in [2.45, 2.75) is 6.42 Å². The Kier molecular flexibility index (Phi) is 2.63. The van der Waals surface area contributed by atoms with Crippen LogP contribution in [0.5, 0.6) is 0 Å². The molecule has 0 spiro atoms. The minimum atomic E-state index is 0.359. The van der Waals surface area contributed by atoms with Crippen molar-refractivity contribution in [3.8, 4) is 0 Å². The SMILES string of the molecule is O=CC1=CCC=C(OO)C=C1. The summed E-state index contributed by atoms with van der Waals surface area (Å²) in [5.74, 6) is 0.359. The van der Waals surface area contributed by atoms with Gasteiger partial charge in [0.15, 0.2) is 5.76 Å². The average molecular weight is 152 g/mol. The first-order chi connectivity index (χ1) is 5.36. The van der Waals surface area contributed by atoms with Gasteiger partial charge < -0.3 is 4.89 Å². The number of carbonyl (C=O) groups is 1. The minimum Gasteiger partial charge on any atom is -0.341 e. The van der Waals surface area contributed by atoms with Crippen LogP contribution in [0.15, 0.2) is 35.6 Å². The lowest BCUT2D eigenvalue weighted by atomic mass is 10.2. The Bertz CT molecular complexity index is 236. The van der Waals surface area contributed by atoms with E-state index in [-0.39, 0.29) is 0 Å². The third-order valence-electron chi connectivity index (χ3n) is 1.35. The number of allylic oxidation sites excluding steroid dienone is 5. The van der Waals surface area contributed by atoms with E-state index in [1.807, 2.05) is 0 Å². The third kappa shape index (κ3) is 2.05. The first kappa shape index (κ1) is 7.75. The van der Waals surface area contributed by atoms with Crippen LogP contribution in [0.4, 0.5) is 0 Å². The van der Waals surface area contributed by atoms with Crippen molar-refractivity contribution >= 4 is 6.29 Å². The van der Waals surface area contributed by atoms with Crippen LogP contribution in [0.1, 0.15) is 6.42 Å². The lowest BCUT2D eigenvalue weighted by Gasteiger charge is -1.91. The van der Waals surface area contributed by atoms with E-state index in [0.717, 1.165) is 6.29 Å². The Morgan fingerprint density at radius 2 is 2.27 bits per heavy atom. The van der Waals surface area contributed by atoms with Gasteiger partial charge in [0.2, 0.25) is 0 Å². The van der Waals surface area contributed by atoms with E-state index in [1.165, 1.54) is 6.08 Å². The zero-order valence-corrected chi connectivity index (χ0v) is 5.86. The lowest BCUT2D eigenvalue weighted by Crippen LogP contribution is -1.80. The van der Waals surface area contributed by atoms with Crippen molar-refractivity contribution in [2.24, 2.45) is 0 Å². The number of hydrogen-bond donors (Lipinski definition) is 1. The van der Waals surface area contributed by atoms with Crippen molar-refractivity contribution in [2.75, 3.05) is 0 Å². The van der Waals surface area contributed by atoms with Gasteiger partial charge in [-0.15, -0.1) is 0 Å². The van der Waals surface area contributed by atoms with E-state index >= 15 is 0 Å². The van der Waals surface area contributed by atoms with E-state index in [0.29, 0.717) is 17.8 Å². The molecule has 0 aromatic heterocycles. The Hall–Kier alpha value is -1.35. The average Bonchev–Trinajstić information content (AvgIpc) is 2.28. The molecule has 1 N–H and O–H groups in total. The van der Waals surface area contributed by atoms with Crippen LogP contribution in [0.2, 0.25) is 0 Å². The highest BCUT2D eigenvalue weighted by Crippen LogP contribution is 2.08. The number of rotatable bonds is 2. The van der Waals surface area contributed by atoms with Gasteiger partial charge >= 0.3 is 0 Å². The standard InChI is InChI=1S/C8H8O3/c9-6-7-2-1-3-8(11-10)5-4-7/h2-6,10H,1H2. The fourth-order valence-corrected chi connectivity index (χ4v) is 0.781. The van der Waals surface area contributed by atoms with Gasteiger partial charge in [0.25, 0.3) is 0 Å². The summed E-state index contributed by atoms with van der Waals surface area (Å²) in [6.07, 6.45) is 7.89. The normalized spacial score (nSPS) is 16.5. The lowest BCUT2D eigenvalue weighted by molar-refractivity contribution is -0.198. The second kappa shape index (κ2) is 3.73. The fourth-order valence-electron chi connectivity index (χ4n) is 0.781. The molecule has 3 heteroatoms. The molecule has 58 valence electrons. The Balaban J connectivity index is 2.73. The molecule has 3 nitrogen and oxygen atoms in total. The summed E-state index contributed by atoms with van der Waals surface area (Å²) in [6.45, 7) is 0. The van der Waals surface area contributed by atoms with Gasteiger partial charge in [0, 0.05) is 5.57 Å². The van der Waals surface area contributed by atoms with Gasteiger partial charge in [0.1, 0.15) is 6.29 Å². The fraction of sp³-hybridized carbons (Fsp3) is 0.125. The summed E-state index contributed by atoms with van der Waals surface area (Å²) in [6, 6.07) is 0. The highest BCUT2D eigenvalue weighted by molar-refractivity contribution is 5.77. The maximum Gasteiger partial charge on any atom is 0.161 e. The van der Waals surface area contributed by atoms with Crippen molar-refractivity contribution in [3.05, 3.63) is 35.6 Å². The summed E-state index contributed by atoms with van der Waals surface area (Å²) in [5, 5.41) is 8.24. The summed E-state index contributed by atoms with van der Waals surface area (Å²) < 4.78 is 0. The maximum atomic E-state index is 10.3. The topological polar surface area (TPSA) is 46.5 Å². The predicted octanol–water partition coefficient (Wildman–Crippen LogP) is 1.45. The summed E-state index contributed by atoms with van der Waals surface area (Å²) in [5.41, 5.74) is 0.591. The Morgan fingerprint density at radius 3 is 2.91 bits per heavy atom. The highest BCUT2D eigenvalue weighted by atomic mass is 17.1. The first-order valence-corrected chi connectivity index (χ1v) is 3.22. The third-order valence-corrected chi connectivity index (χ3v) is 1.35. The number of hydrogen-bond acceptors (Lipinski definition) is 3. The molecular weight excluding hydrogens is 144 g/mol. The van der Waals surface area contributed by atoms with Crippen molar-refractivity contribution in [1.82, 2.24) is 0 Å². The van der Waals surface area contributed by atoms with E-state index in [1.54, 1.807) is 18.2 Å². The van der Waals surface area contributed by atoms with Crippen molar-refractivity contribution in [1.29, 1.82) is 0 Å². The molecule has 0 amide bonds. The maximum absolute atomic E-state index is 10.3. The molecule has 0 atom stereocenters. The van der Waals surface area contributed by atoms with Gasteiger partial charge in [0.05, 0.1) is 0 Å². The summed E-state index contributed by atoms with van der Waals surface area (Å²) >= 11 is 0. The minimum absolute atomic E-state index is 0.359. The molecule has 0 fully saturated rings. The second-order valence-electron chi connectivity index (χ2n) is 2.09. The Labute approximate surface area is 64.2 Å². The Morgan fingerprint density at radius 1 is 1.45 bits per heavy atom. The molecule has 1 aliphatic carbocycles. The predicted molar refractivity (Wildman–Crippen MR) is 39.7 cm³/mol. The van der Waals surface area contributed by atoms with Gasteiger partial charge in [-0.2, -0.15) is 0 Å². The van der Waals surface area contributed by atoms with Crippen LogP contribution in [0.3, 0.4) is 0 Å². The number of aldehydes is 1. The monoisotopic (exact) mass is 152 g/mol. The smallest absolute Gasteiger partial charge is 0.161 e. The van der Waals surface area contributed by atoms with E-state index in [2.05, 4.69) is 4.89 Å². The molecule has 1 rings (SSSR count). The summed E-state index contributed by atoms with van der Waals surface area (Å²) in [4.78, 5) is 14.3. The van der Waals surface area contributed by atoms with Crippen LogP contribution >= 0.6 is 0 Å². The van der Waals surface area contributed by atoms with E-state index < -0.39 is 0 Å². The zero-order valence-electron chi connectivity index (χ0n) is 5.86. The molecule has 0 aromatic carbocycles.